The van der Waals surface area contributed by atoms with Crippen molar-refractivity contribution in [2.24, 2.45) is 5.73 Å². The first kappa shape index (κ1) is 20.5. The molecule has 2 aromatic rings. The number of anilines is 1. The standard InChI is InChI=1S/C18H24N2O2S.ClH/c1-13-12-15(14(2)23-13)4-3-5-18(21)20-16-6-8-17(9-7-16)22-11-10-19;/h6-9,12H,3-5,10-11,19H2,1-2H3,(H,20,21);1H. The fraction of sp³-hybridized carbons (Fsp3) is 0.389. The van der Waals surface area contributed by atoms with Gasteiger partial charge in [-0.1, -0.05) is 0 Å². The van der Waals surface area contributed by atoms with E-state index < -0.39 is 0 Å². The van der Waals surface area contributed by atoms with Crippen LogP contribution in [0.25, 0.3) is 0 Å². The number of ether oxygens (including phenoxy) is 1. The van der Waals surface area contributed by atoms with E-state index in [2.05, 4.69) is 25.2 Å². The van der Waals surface area contributed by atoms with Crippen LogP contribution < -0.4 is 15.8 Å². The number of amides is 1. The minimum atomic E-state index is 0. The first-order chi connectivity index (χ1) is 11.1. The average Bonchev–Trinajstić information content (AvgIpc) is 2.84. The molecule has 132 valence electrons. The van der Waals surface area contributed by atoms with E-state index in [-0.39, 0.29) is 18.3 Å². The van der Waals surface area contributed by atoms with E-state index in [4.69, 9.17) is 10.5 Å². The summed E-state index contributed by atoms with van der Waals surface area (Å²) in [7, 11) is 0. The van der Waals surface area contributed by atoms with Crippen molar-refractivity contribution in [2.75, 3.05) is 18.5 Å². The Balaban J connectivity index is 0.00000288. The van der Waals surface area contributed by atoms with Crippen LogP contribution in [0.2, 0.25) is 0 Å². The summed E-state index contributed by atoms with van der Waals surface area (Å²) in [6.07, 6.45) is 2.34. The Morgan fingerprint density at radius 3 is 2.54 bits per heavy atom. The van der Waals surface area contributed by atoms with Crippen molar-refractivity contribution in [1.29, 1.82) is 0 Å². The van der Waals surface area contributed by atoms with Crippen LogP contribution in [0.3, 0.4) is 0 Å². The molecule has 1 amide bonds. The largest absolute Gasteiger partial charge is 0.492 e. The van der Waals surface area contributed by atoms with Crippen molar-refractivity contribution in [3.8, 4) is 5.75 Å². The van der Waals surface area contributed by atoms with Crippen molar-refractivity contribution in [3.63, 3.8) is 0 Å². The van der Waals surface area contributed by atoms with Gasteiger partial charge in [0.25, 0.3) is 0 Å². The monoisotopic (exact) mass is 368 g/mol. The van der Waals surface area contributed by atoms with Gasteiger partial charge in [0, 0.05) is 28.4 Å². The second-order valence-electron chi connectivity index (χ2n) is 5.50. The zero-order valence-electron chi connectivity index (χ0n) is 14.1. The summed E-state index contributed by atoms with van der Waals surface area (Å²) < 4.78 is 5.41. The lowest BCUT2D eigenvalue weighted by atomic mass is 10.1. The molecule has 4 nitrogen and oxygen atoms in total. The van der Waals surface area contributed by atoms with Gasteiger partial charge in [-0.25, -0.2) is 0 Å². The minimum absolute atomic E-state index is 0. The summed E-state index contributed by atoms with van der Waals surface area (Å²) in [5.74, 6) is 0.807. The predicted molar refractivity (Wildman–Crippen MR) is 104 cm³/mol. The average molecular weight is 369 g/mol. The Morgan fingerprint density at radius 2 is 1.96 bits per heavy atom. The van der Waals surface area contributed by atoms with Crippen molar-refractivity contribution in [1.82, 2.24) is 0 Å². The molecule has 0 aliphatic carbocycles. The van der Waals surface area contributed by atoms with E-state index in [0.717, 1.165) is 24.3 Å². The minimum Gasteiger partial charge on any atom is -0.492 e. The van der Waals surface area contributed by atoms with Gasteiger partial charge in [0.2, 0.25) is 5.91 Å². The zero-order chi connectivity index (χ0) is 16.7. The Bertz CT molecular complexity index is 641. The van der Waals surface area contributed by atoms with Crippen LogP contribution in [-0.2, 0) is 11.2 Å². The predicted octanol–water partition coefficient (Wildman–Crippen LogP) is 4.09. The van der Waals surface area contributed by atoms with Crippen molar-refractivity contribution >= 4 is 35.3 Å². The van der Waals surface area contributed by atoms with Gasteiger partial charge < -0.3 is 15.8 Å². The van der Waals surface area contributed by atoms with Crippen LogP contribution in [0.5, 0.6) is 5.75 Å². The summed E-state index contributed by atoms with van der Waals surface area (Å²) in [6.45, 7) is 5.24. The molecule has 0 atom stereocenters. The Hall–Kier alpha value is -1.56. The molecule has 0 fully saturated rings. The number of carbonyl (C=O) groups excluding carboxylic acids is 1. The number of carbonyl (C=O) groups is 1. The highest BCUT2D eigenvalue weighted by atomic mass is 35.5. The summed E-state index contributed by atoms with van der Waals surface area (Å²) in [5.41, 5.74) is 7.54. The molecule has 0 saturated carbocycles. The van der Waals surface area contributed by atoms with Crippen molar-refractivity contribution in [2.45, 2.75) is 33.1 Å². The fourth-order valence-electron chi connectivity index (χ4n) is 2.41. The number of hydrogen-bond donors (Lipinski definition) is 2. The molecule has 1 heterocycles. The number of nitrogens with two attached hydrogens (primary N) is 1. The van der Waals surface area contributed by atoms with Gasteiger partial charge in [-0.2, -0.15) is 0 Å². The smallest absolute Gasteiger partial charge is 0.224 e. The third-order valence-electron chi connectivity index (χ3n) is 3.52. The van der Waals surface area contributed by atoms with Crippen LogP contribution in [0.15, 0.2) is 30.3 Å². The maximum absolute atomic E-state index is 12.0. The quantitative estimate of drug-likeness (QED) is 0.737. The molecule has 0 radical (unpaired) electrons. The highest BCUT2D eigenvalue weighted by molar-refractivity contribution is 7.12. The second kappa shape index (κ2) is 10.3. The normalized spacial score (nSPS) is 10.1. The lowest BCUT2D eigenvalue weighted by molar-refractivity contribution is -0.116. The summed E-state index contributed by atoms with van der Waals surface area (Å²) in [4.78, 5) is 14.7. The van der Waals surface area contributed by atoms with E-state index in [1.165, 1.54) is 15.3 Å². The Kier molecular flexibility index (Phi) is 8.82. The summed E-state index contributed by atoms with van der Waals surface area (Å²) >= 11 is 1.82. The van der Waals surface area contributed by atoms with Crippen LogP contribution in [0.4, 0.5) is 5.69 Å². The molecule has 0 saturated heterocycles. The number of hydrogen-bond acceptors (Lipinski definition) is 4. The van der Waals surface area contributed by atoms with E-state index in [1.807, 2.05) is 35.6 Å². The van der Waals surface area contributed by atoms with Gasteiger partial charge in [0.15, 0.2) is 0 Å². The Morgan fingerprint density at radius 1 is 1.25 bits per heavy atom. The fourth-order valence-corrected chi connectivity index (χ4v) is 3.38. The third kappa shape index (κ3) is 6.51. The van der Waals surface area contributed by atoms with Gasteiger partial charge >= 0.3 is 0 Å². The van der Waals surface area contributed by atoms with Crippen LogP contribution in [0.1, 0.15) is 28.2 Å². The first-order valence-corrected chi connectivity index (χ1v) is 8.69. The molecule has 0 aliphatic heterocycles. The van der Waals surface area contributed by atoms with Crippen molar-refractivity contribution in [3.05, 3.63) is 45.6 Å². The molecule has 0 spiro atoms. The summed E-state index contributed by atoms with van der Waals surface area (Å²) in [6, 6.07) is 9.58. The molecule has 0 aliphatic rings. The van der Waals surface area contributed by atoms with Gasteiger partial charge in [0.05, 0.1) is 0 Å². The van der Waals surface area contributed by atoms with Gasteiger partial charge in [-0.3, -0.25) is 4.79 Å². The van der Waals surface area contributed by atoms with E-state index in [0.29, 0.717) is 19.6 Å². The number of aryl methyl sites for hydroxylation is 3. The maximum Gasteiger partial charge on any atom is 0.224 e. The van der Waals surface area contributed by atoms with Gasteiger partial charge in [-0.15, -0.1) is 23.7 Å². The van der Waals surface area contributed by atoms with Gasteiger partial charge in [-0.05, 0) is 62.6 Å². The third-order valence-corrected chi connectivity index (χ3v) is 4.53. The molecule has 3 N–H and O–H groups in total. The highest BCUT2D eigenvalue weighted by Crippen LogP contribution is 2.22. The molecular formula is C18H25ClN2O2S. The lowest BCUT2D eigenvalue weighted by Crippen LogP contribution is -2.12. The van der Waals surface area contributed by atoms with E-state index in [9.17, 15) is 4.79 Å². The molecule has 0 unspecified atom stereocenters. The molecule has 1 aromatic heterocycles. The molecule has 2 rings (SSSR count). The van der Waals surface area contributed by atoms with Crippen molar-refractivity contribution < 1.29 is 9.53 Å². The summed E-state index contributed by atoms with van der Waals surface area (Å²) in [5, 5.41) is 2.91. The lowest BCUT2D eigenvalue weighted by Gasteiger charge is -2.07. The number of halogens is 1. The van der Waals surface area contributed by atoms with Crippen LogP contribution >= 0.6 is 23.7 Å². The molecule has 24 heavy (non-hydrogen) atoms. The number of rotatable bonds is 8. The van der Waals surface area contributed by atoms with E-state index in [1.54, 1.807) is 0 Å². The molecule has 6 heteroatoms. The molecule has 1 aromatic carbocycles. The maximum atomic E-state index is 12.0. The topological polar surface area (TPSA) is 64.3 Å². The first-order valence-electron chi connectivity index (χ1n) is 7.87. The number of thiophene rings is 1. The zero-order valence-corrected chi connectivity index (χ0v) is 15.8. The number of nitrogens with one attached hydrogen (secondary N) is 1. The Labute approximate surface area is 153 Å². The number of benzene rings is 1. The van der Waals surface area contributed by atoms with Crippen LogP contribution in [-0.4, -0.2) is 19.1 Å². The van der Waals surface area contributed by atoms with Crippen LogP contribution in [0, 0.1) is 13.8 Å². The second-order valence-corrected chi connectivity index (χ2v) is 6.96. The molecular weight excluding hydrogens is 344 g/mol. The van der Waals surface area contributed by atoms with Gasteiger partial charge in [0.1, 0.15) is 12.4 Å². The molecule has 0 bridgehead atoms. The SMILES string of the molecule is Cc1cc(CCCC(=O)Nc2ccc(OCCN)cc2)c(C)s1.Cl. The highest BCUT2D eigenvalue weighted by Gasteiger charge is 2.06. The van der Waals surface area contributed by atoms with E-state index >= 15 is 0 Å².